The molecule has 0 spiro atoms. The normalized spacial score (nSPS) is 14.9. The molecule has 2 heterocycles. The number of thiazole rings is 1. The first kappa shape index (κ1) is 15.0. The third-order valence-corrected chi connectivity index (χ3v) is 4.85. The number of anilines is 1. The van der Waals surface area contributed by atoms with Crippen LogP contribution in [-0.2, 0) is 4.74 Å². The van der Waals surface area contributed by atoms with E-state index in [1.165, 1.54) is 30.6 Å². The van der Waals surface area contributed by atoms with Gasteiger partial charge in [-0.15, -0.1) is 0 Å². The van der Waals surface area contributed by atoms with Gasteiger partial charge in [0.25, 0.3) is 0 Å². The van der Waals surface area contributed by atoms with Crippen LogP contribution in [-0.4, -0.2) is 30.6 Å². The topological polar surface area (TPSA) is 42.4 Å². The van der Waals surface area contributed by atoms with Crippen LogP contribution < -0.4 is 4.90 Å². The van der Waals surface area contributed by atoms with Crippen molar-refractivity contribution in [1.82, 2.24) is 4.98 Å². The van der Waals surface area contributed by atoms with Crippen LogP contribution in [0.15, 0.2) is 30.3 Å². The average Bonchev–Trinajstić information content (AvgIpc) is 3.02. The Balaban J connectivity index is 1.98. The van der Waals surface area contributed by atoms with Crippen molar-refractivity contribution in [3.8, 4) is 11.3 Å². The van der Waals surface area contributed by atoms with Crippen LogP contribution in [0.1, 0.15) is 35.9 Å². The highest BCUT2D eigenvalue weighted by Crippen LogP contribution is 2.34. The number of benzene rings is 1. The van der Waals surface area contributed by atoms with E-state index in [0.717, 1.165) is 29.5 Å². The molecule has 1 fully saturated rings. The van der Waals surface area contributed by atoms with E-state index in [-0.39, 0.29) is 5.97 Å². The number of hydrogen-bond donors (Lipinski definition) is 0. The van der Waals surface area contributed by atoms with Crippen molar-refractivity contribution in [2.24, 2.45) is 0 Å². The number of ether oxygens (including phenoxy) is 1. The van der Waals surface area contributed by atoms with Crippen molar-refractivity contribution >= 4 is 22.4 Å². The van der Waals surface area contributed by atoms with E-state index in [4.69, 9.17) is 9.72 Å². The quantitative estimate of drug-likeness (QED) is 0.800. The zero-order valence-electron chi connectivity index (χ0n) is 12.7. The first-order valence-corrected chi connectivity index (χ1v) is 8.59. The number of esters is 1. The summed E-state index contributed by atoms with van der Waals surface area (Å²) in [6.07, 6.45) is 3.65. The van der Waals surface area contributed by atoms with Crippen LogP contribution >= 0.6 is 11.3 Å². The van der Waals surface area contributed by atoms with Crippen molar-refractivity contribution in [3.63, 3.8) is 0 Å². The maximum absolute atomic E-state index is 12.3. The number of carbonyl (C=O) groups is 1. The van der Waals surface area contributed by atoms with Gasteiger partial charge in [0, 0.05) is 18.7 Å². The van der Waals surface area contributed by atoms with Crippen molar-refractivity contribution in [2.45, 2.75) is 26.2 Å². The summed E-state index contributed by atoms with van der Waals surface area (Å²) in [6.45, 7) is 4.24. The Labute approximate surface area is 134 Å². The van der Waals surface area contributed by atoms with Crippen LogP contribution in [0.5, 0.6) is 0 Å². The van der Waals surface area contributed by atoms with Gasteiger partial charge >= 0.3 is 5.97 Å². The molecule has 116 valence electrons. The summed E-state index contributed by atoms with van der Waals surface area (Å²) in [5.74, 6) is -0.276. The molecule has 1 aromatic heterocycles. The molecule has 22 heavy (non-hydrogen) atoms. The monoisotopic (exact) mass is 316 g/mol. The maximum atomic E-state index is 12.3. The predicted molar refractivity (Wildman–Crippen MR) is 89.6 cm³/mol. The molecule has 1 aliphatic heterocycles. The Bertz CT molecular complexity index is 633. The van der Waals surface area contributed by atoms with Crippen molar-refractivity contribution in [3.05, 3.63) is 35.2 Å². The molecule has 3 rings (SSSR count). The van der Waals surface area contributed by atoms with Crippen LogP contribution in [0, 0.1) is 0 Å². The molecule has 0 radical (unpaired) electrons. The minimum atomic E-state index is -0.276. The molecule has 0 amide bonds. The Hall–Kier alpha value is -1.88. The van der Waals surface area contributed by atoms with Crippen LogP contribution in [0.25, 0.3) is 11.3 Å². The van der Waals surface area contributed by atoms with E-state index in [0.29, 0.717) is 11.5 Å². The lowest BCUT2D eigenvalue weighted by Gasteiger charge is -2.25. The summed E-state index contributed by atoms with van der Waals surface area (Å²) in [6, 6.07) is 9.86. The summed E-state index contributed by atoms with van der Waals surface area (Å²) in [4.78, 5) is 19.9. The third-order valence-electron chi connectivity index (χ3n) is 3.75. The molecular formula is C17H20N2O2S. The Morgan fingerprint density at radius 2 is 1.95 bits per heavy atom. The molecule has 5 heteroatoms. The first-order valence-electron chi connectivity index (χ1n) is 7.78. The second-order valence-electron chi connectivity index (χ2n) is 5.31. The maximum Gasteiger partial charge on any atom is 0.350 e. The van der Waals surface area contributed by atoms with Crippen molar-refractivity contribution < 1.29 is 9.53 Å². The lowest BCUT2D eigenvalue weighted by atomic mass is 10.1. The zero-order valence-corrected chi connectivity index (χ0v) is 13.6. The van der Waals surface area contributed by atoms with Gasteiger partial charge in [0.2, 0.25) is 0 Å². The molecule has 2 aromatic rings. The van der Waals surface area contributed by atoms with Crippen molar-refractivity contribution in [2.75, 3.05) is 24.6 Å². The third kappa shape index (κ3) is 3.14. The standard InChI is InChI=1S/C17H20N2O2S/c1-2-21-16(20)15-14(13-9-5-3-6-10-13)18-17(22-15)19-11-7-4-8-12-19/h3,5-6,9-10H,2,4,7-8,11-12H2,1H3. The molecular weight excluding hydrogens is 296 g/mol. The second-order valence-corrected chi connectivity index (χ2v) is 6.29. The number of carbonyl (C=O) groups excluding carboxylic acids is 1. The van der Waals surface area contributed by atoms with Gasteiger partial charge in [-0.05, 0) is 26.2 Å². The minimum Gasteiger partial charge on any atom is -0.462 e. The van der Waals surface area contributed by atoms with Crippen LogP contribution in [0.3, 0.4) is 0 Å². The van der Waals surface area contributed by atoms with E-state index in [1.54, 1.807) is 0 Å². The lowest BCUT2D eigenvalue weighted by Crippen LogP contribution is -2.29. The van der Waals surface area contributed by atoms with E-state index in [1.807, 2.05) is 37.3 Å². The smallest absolute Gasteiger partial charge is 0.350 e. The number of piperidine rings is 1. The number of rotatable bonds is 4. The fourth-order valence-electron chi connectivity index (χ4n) is 2.66. The van der Waals surface area contributed by atoms with Gasteiger partial charge in [-0.25, -0.2) is 9.78 Å². The van der Waals surface area contributed by atoms with Gasteiger partial charge in [0.05, 0.1) is 12.3 Å². The molecule has 0 N–H and O–H groups in total. The SMILES string of the molecule is CCOC(=O)c1sc(N2CCCCC2)nc1-c1ccccc1. The van der Waals surface area contributed by atoms with E-state index in [2.05, 4.69) is 4.90 Å². The fraction of sp³-hybridized carbons (Fsp3) is 0.412. The molecule has 1 aliphatic rings. The van der Waals surface area contributed by atoms with E-state index < -0.39 is 0 Å². The predicted octanol–water partition coefficient (Wildman–Crippen LogP) is 3.98. The molecule has 1 aromatic carbocycles. The van der Waals surface area contributed by atoms with Crippen LogP contribution in [0.4, 0.5) is 5.13 Å². The molecule has 0 atom stereocenters. The lowest BCUT2D eigenvalue weighted by molar-refractivity contribution is 0.0532. The summed E-state index contributed by atoms with van der Waals surface area (Å²) in [5.41, 5.74) is 1.70. The van der Waals surface area contributed by atoms with Gasteiger partial charge in [0.1, 0.15) is 4.88 Å². The van der Waals surface area contributed by atoms with E-state index >= 15 is 0 Å². The van der Waals surface area contributed by atoms with Gasteiger partial charge in [0.15, 0.2) is 5.13 Å². The minimum absolute atomic E-state index is 0.276. The summed E-state index contributed by atoms with van der Waals surface area (Å²) >= 11 is 1.45. The summed E-state index contributed by atoms with van der Waals surface area (Å²) in [7, 11) is 0. The van der Waals surface area contributed by atoms with Gasteiger partial charge < -0.3 is 9.64 Å². The van der Waals surface area contributed by atoms with Crippen molar-refractivity contribution in [1.29, 1.82) is 0 Å². The van der Waals surface area contributed by atoms with Gasteiger partial charge in [-0.1, -0.05) is 41.7 Å². The Kier molecular flexibility index (Phi) is 4.73. The molecule has 0 aliphatic carbocycles. The van der Waals surface area contributed by atoms with Gasteiger partial charge in [-0.3, -0.25) is 0 Å². The highest BCUT2D eigenvalue weighted by Gasteiger charge is 2.23. The van der Waals surface area contributed by atoms with E-state index in [9.17, 15) is 4.79 Å². The summed E-state index contributed by atoms with van der Waals surface area (Å²) in [5, 5.41) is 0.932. The van der Waals surface area contributed by atoms with Gasteiger partial charge in [-0.2, -0.15) is 0 Å². The Morgan fingerprint density at radius 3 is 2.64 bits per heavy atom. The molecule has 4 nitrogen and oxygen atoms in total. The number of aromatic nitrogens is 1. The van der Waals surface area contributed by atoms with Crippen LogP contribution in [0.2, 0.25) is 0 Å². The zero-order chi connectivity index (χ0) is 15.4. The fourth-order valence-corrected chi connectivity index (χ4v) is 3.69. The summed E-state index contributed by atoms with van der Waals surface area (Å²) < 4.78 is 5.20. The highest BCUT2D eigenvalue weighted by molar-refractivity contribution is 7.17. The highest BCUT2D eigenvalue weighted by atomic mass is 32.1. The molecule has 0 saturated carbocycles. The number of hydrogen-bond acceptors (Lipinski definition) is 5. The largest absolute Gasteiger partial charge is 0.462 e. The first-order chi connectivity index (χ1) is 10.8. The number of nitrogens with zero attached hydrogens (tertiary/aromatic N) is 2. The Morgan fingerprint density at radius 1 is 1.23 bits per heavy atom. The molecule has 1 saturated heterocycles. The molecule has 0 unspecified atom stereocenters. The second kappa shape index (κ2) is 6.92. The average molecular weight is 316 g/mol. The molecule has 0 bridgehead atoms.